The fourth-order valence-electron chi connectivity index (χ4n) is 3.76. The molecule has 1 N–H and O–H groups in total. The molecule has 1 amide bonds. The van der Waals surface area contributed by atoms with E-state index in [1.165, 1.54) is 41.5 Å². The van der Waals surface area contributed by atoms with Gasteiger partial charge in [0.25, 0.3) is 5.56 Å². The maximum absolute atomic E-state index is 13.1. The lowest BCUT2D eigenvalue weighted by molar-refractivity contribution is -0.118. The number of hydrogen-bond donors (Lipinski definition) is 1. The van der Waals surface area contributed by atoms with Crippen molar-refractivity contribution in [1.29, 1.82) is 0 Å². The van der Waals surface area contributed by atoms with Gasteiger partial charge in [0.15, 0.2) is 5.16 Å². The Balaban J connectivity index is 1.44. The first kappa shape index (κ1) is 22.6. The number of hydrogen-bond acceptors (Lipinski definition) is 6. The minimum Gasteiger partial charge on any atom is -0.497 e. The first-order valence-electron chi connectivity index (χ1n) is 10.8. The van der Waals surface area contributed by atoms with E-state index < -0.39 is 0 Å². The number of methoxy groups -OCH3 is 1. The maximum Gasteiger partial charge on any atom is 0.272 e. The lowest BCUT2D eigenvalue weighted by atomic mass is 9.97. The molecular formula is C24H27N3O3S2. The second kappa shape index (κ2) is 10.8. The summed E-state index contributed by atoms with van der Waals surface area (Å²) < 4.78 is 7.51. The first-order chi connectivity index (χ1) is 15.6. The molecule has 0 spiro atoms. The second-order valence-corrected chi connectivity index (χ2v) is 9.62. The van der Waals surface area contributed by atoms with Gasteiger partial charge in [0, 0.05) is 6.54 Å². The van der Waals surface area contributed by atoms with E-state index in [2.05, 4.69) is 16.4 Å². The number of fused-ring (bicyclic) bond motifs is 1. The van der Waals surface area contributed by atoms with Gasteiger partial charge in [0.05, 0.1) is 24.9 Å². The number of thiophene rings is 1. The maximum atomic E-state index is 13.1. The summed E-state index contributed by atoms with van der Waals surface area (Å²) in [5, 5.41) is 5.43. The third-order valence-electron chi connectivity index (χ3n) is 5.52. The van der Waals surface area contributed by atoms with Crippen LogP contribution in [0.25, 0.3) is 10.2 Å². The highest BCUT2D eigenvalue weighted by molar-refractivity contribution is 7.99. The van der Waals surface area contributed by atoms with Crippen molar-refractivity contribution >= 4 is 39.2 Å². The van der Waals surface area contributed by atoms with E-state index in [4.69, 9.17) is 4.74 Å². The molecule has 32 heavy (non-hydrogen) atoms. The number of ether oxygens (including phenoxy) is 1. The molecule has 0 saturated carbocycles. The molecule has 2 aromatic heterocycles. The zero-order chi connectivity index (χ0) is 22.3. The predicted octanol–water partition coefficient (Wildman–Crippen LogP) is 4.61. The van der Waals surface area contributed by atoms with Crippen molar-refractivity contribution in [1.82, 2.24) is 14.9 Å². The zero-order valence-electron chi connectivity index (χ0n) is 18.1. The van der Waals surface area contributed by atoms with Gasteiger partial charge in [-0.1, -0.05) is 35.5 Å². The van der Waals surface area contributed by atoms with E-state index in [0.717, 1.165) is 30.6 Å². The van der Waals surface area contributed by atoms with Crippen molar-refractivity contribution in [3.63, 3.8) is 0 Å². The monoisotopic (exact) mass is 469 g/mol. The van der Waals surface area contributed by atoms with Crippen LogP contribution in [-0.2, 0) is 11.3 Å². The Morgan fingerprint density at radius 1 is 1.25 bits per heavy atom. The van der Waals surface area contributed by atoms with Crippen LogP contribution < -0.4 is 15.6 Å². The molecule has 0 saturated heterocycles. The topological polar surface area (TPSA) is 73.2 Å². The summed E-state index contributed by atoms with van der Waals surface area (Å²) >= 11 is 2.70. The van der Waals surface area contributed by atoms with E-state index >= 15 is 0 Å². The van der Waals surface area contributed by atoms with Crippen molar-refractivity contribution in [2.75, 3.05) is 19.4 Å². The van der Waals surface area contributed by atoms with Crippen molar-refractivity contribution in [2.24, 2.45) is 0 Å². The molecule has 1 aliphatic carbocycles. The molecule has 0 fully saturated rings. The van der Waals surface area contributed by atoms with Crippen molar-refractivity contribution in [3.05, 3.63) is 63.3 Å². The fraction of sp³-hybridized carbons (Fsp3) is 0.375. The third kappa shape index (κ3) is 5.61. The van der Waals surface area contributed by atoms with Gasteiger partial charge in [-0.05, 0) is 61.2 Å². The quantitative estimate of drug-likeness (QED) is 0.281. The van der Waals surface area contributed by atoms with Gasteiger partial charge >= 0.3 is 0 Å². The smallest absolute Gasteiger partial charge is 0.272 e. The Kier molecular flexibility index (Phi) is 7.65. The first-order valence-corrected chi connectivity index (χ1v) is 12.7. The summed E-state index contributed by atoms with van der Waals surface area (Å²) in [5.41, 5.74) is 3.02. The number of allylic oxidation sites excluding steroid dienone is 1. The largest absolute Gasteiger partial charge is 0.497 e. The molecule has 0 aliphatic heterocycles. The Morgan fingerprint density at radius 3 is 2.84 bits per heavy atom. The highest BCUT2D eigenvalue weighted by Gasteiger charge is 2.15. The summed E-state index contributed by atoms with van der Waals surface area (Å²) in [5.74, 6) is 0.953. The van der Waals surface area contributed by atoms with E-state index in [1.807, 2.05) is 35.7 Å². The molecule has 4 rings (SSSR count). The van der Waals surface area contributed by atoms with Crippen LogP contribution in [0.15, 0.2) is 57.3 Å². The molecule has 1 aliphatic rings. The van der Waals surface area contributed by atoms with Crippen LogP contribution >= 0.6 is 23.1 Å². The molecular weight excluding hydrogens is 442 g/mol. The summed E-state index contributed by atoms with van der Waals surface area (Å²) in [7, 11) is 1.63. The molecule has 0 unspecified atom stereocenters. The van der Waals surface area contributed by atoms with Crippen LogP contribution in [0.2, 0.25) is 0 Å². The lowest BCUT2D eigenvalue weighted by Crippen LogP contribution is -2.28. The number of carbonyl (C=O) groups is 1. The van der Waals surface area contributed by atoms with E-state index in [-0.39, 0.29) is 17.2 Å². The van der Waals surface area contributed by atoms with Gasteiger partial charge in [-0.3, -0.25) is 14.2 Å². The molecule has 0 radical (unpaired) electrons. The van der Waals surface area contributed by atoms with Gasteiger partial charge in [-0.2, -0.15) is 0 Å². The number of nitrogens with one attached hydrogen (secondary N) is 1. The number of nitrogens with zero attached hydrogens (tertiary/aromatic N) is 2. The standard InChI is InChI=1S/C24H27N3O3S2/c1-30-19-9-7-18(8-10-19)15-27-23(29)22-20(12-14-31-22)26-24(27)32-16-21(28)25-13-11-17-5-3-2-4-6-17/h5,7-10,12,14H,2-4,6,11,13,15-16H2,1H3,(H,25,28). The molecule has 0 atom stereocenters. The normalized spacial score (nSPS) is 13.7. The Hall–Kier alpha value is -2.58. The number of benzene rings is 1. The third-order valence-corrected chi connectivity index (χ3v) is 7.38. The summed E-state index contributed by atoms with van der Waals surface area (Å²) in [6, 6.07) is 9.47. The molecule has 8 heteroatoms. The van der Waals surface area contributed by atoms with E-state index in [9.17, 15) is 9.59 Å². The van der Waals surface area contributed by atoms with Crippen molar-refractivity contribution < 1.29 is 9.53 Å². The minimum absolute atomic E-state index is 0.0397. The molecule has 2 heterocycles. The minimum atomic E-state index is -0.0760. The molecule has 168 valence electrons. The summed E-state index contributed by atoms with van der Waals surface area (Å²) in [6.45, 7) is 1.04. The highest BCUT2D eigenvalue weighted by Crippen LogP contribution is 2.23. The molecule has 6 nitrogen and oxygen atoms in total. The second-order valence-electron chi connectivity index (χ2n) is 7.77. The van der Waals surface area contributed by atoms with Gasteiger partial charge in [-0.15, -0.1) is 11.3 Å². The number of amides is 1. The average molecular weight is 470 g/mol. The van der Waals surface area contributed by atoms with Gasteiger partial charge < -0.3 is 10.1 Å². The van der Waals surface area contributed by atoms with Crippen LogP contribution in [0.4, 0.5) is 0 Å². The van der Waals surface area contributed by atoms with Gasteiger partial charge in [-0.25, -0.2) is 4.98 Å². The molecule has 3 aromatic rings. The Bertz CT molecular complexity index is 1170. The SMILES string of the molecule is COc1ccc(Cn2c(SCC(=O)NCCC3=CCCCC3)nc3ccsc3c2=O)cc1. The summed E-state index contributed by atoms with van der Waals surface area (Å²) in [6.07, 6.45) is 8.04. The molecule has 1 aromatic carbocycles. The Labute approximate surface area is 195 Å². The van der Waals surface area contributed by atoms with Crippen molar-refractivity contribution in [2.45, 2.75) is 43.8 Å². The number of thioether (sulfide) groups is 1. The fourth-order valence-corrected chi connectivity index (χ4v) is 5.37. The Morgan fingerprint density at radius 2 is 2.09 bits per heavy atom. The highest BCUT2D eigenvalue weighted by atomic mass is 32.2. The lowest BCUT2D eigenvalue weighted by Gasteiger charge is -2.14. The number of carbonyl (C=O) groups excluding carboxylic acids is 1. The van der Waals surface area contributed by atoms with Crippen LogP contribution in [-0.4, -0.2) is 34.9 Å². The van der Waals surface area contributed by atoms with Gasteiger partial charge in [0.2, 0.25) is 5.91 Å². The van der Waals surface area contributed by atoms with Crippen LogP contribution in [0.5, 0.6) is 5.75 Å². The van der Waals surface area contributed by atoms with E-state index in [0.29, 0.717) is 28.5 Å². The number of aromatic nitrogens is 2. The average Bonchev–Trinajstić information content (AvgIpc) is 3.30. The van der Waals surface area contributed by atoms with E-state index in [1.54, 1.807) is 11.7 Å². The molecule has 0 bridgehead atoms. The zero-order valence-corrected chi connectivity index (χ0v) is 19.8. The predicted molar refractivity (Wildman–Crippen MR) is 131 cm³/mol. The van der Waals surface area contributed by atoms with Crippen LogP contribution in [0.1, 0.15) is 37.7 Å². The van der Waals surface area contributed by atoms with Crippen molar-refractivity contribution in [3.8, 4) is 5.75 Å². The van der Waals surface area contributed by atoms with Gasteiger partial charge in [0.1, 0.15) is 10.4 Å². The number of rotatable bonds is 9. The van der Waals surface area contributed by atoms with Crippen LogP contribution in [0.3, 0.4) is 0 Å². The van der Waals surface area contributed by atoms with Crippen LogP contribution in [0, 0.1) is 0 Å². The summed E-state index contributed by atoms with van der Waals surface area (Å²) in [4.78, 5) is 30.2.